The highest BCUT2D eigenvalue weighted by Crippen LogP contribution is 2.57. The monoisotopic (exact) mass is 722 g/mol. The van der Waals surface area contributed by atoms with Crippen LogP contribution >= 0.6 is 0 Å². The second-order valence-corrected chi connectivity index (χ2v) is 16.3. The zero-order valence-corrected chi connectivity index (χ0v) is 32.0. The second kappa shape index (κ2) is 12.0. The van der Waals surface area contributed by atoms with Gasteiger partial charge in [0.2, 0.25) is 0 Å². The van der Waals surface area contributed by atoms with Crippen LogP contribution < -0.4 is 0 Å². The molecule has 12 rings (SSSR count). The van der Waals surface area contributed by atoms with E-state index >= 15 is 0 Å². The quantitative estimate of drug-likeness (QED) is 0.126. The first-order chi connectivity index (χ1) is 28.1. The van der Waals surface area contributed by atoms with Crippen LogP contribution in [0.4, 0.5) is 0 Å². The molecule has 0 radical (unpaired) electrons. The van der Waals surface area contributed by atoms with Crippen molar-refractivity contribution in [2.24, 2.45) is 0 Å². The molecule has 0 unspecified atom stereocenters. The van der Waals surface area contributed by atoms with Gasteiger partial charge >= 0.3 is 0 Å². The van der Waals surface area contributed by atoms with E-state index < -0.39 is 0 Å². The van der Waals surface area contributed by atoms with E-state index in [-0.39, 0.29) is 5.41 Å². The first-order valence-corrected chi connectivity index (χ1v) is 20.1. The highest BCUT2D eigenvalue weighted by Gasteiger charge is 2.39. The molecule has 0 heterocycles. The van der Waals surface area contributed by atoms with E-state index in [1.807, 2.05) is 0 Å². The molecular weight excluding hydrogens is 685 g/mol. The van der Waals surface area contributed by atoms with Crippen molar-refractivity contribution in [3.63, 3.8) is 0 Å². The minimum Gasteiger partial charge on any atom is -0.0616 e. The van der Waals surface area contributed by atoms with Gasteiger partial charge in [-0.25, -0.2) is 0 Å². The Balaban J connectivity index is 1.09. The Morgan fingerprint density at radius 3 is 1.40 bits per heavy atom. The van der Waals surface area contributed by atoms with E-state index in [1.54, 1.807) is 0 Å². The van der Waals surface area contributed by atoms with Gasteiger partial charge in [-0.3, -0.25) is 0 Å². The third-order valence-electron chi connectivity index (χ3n) is 13.0. The SMILES string of the molecule is CC1(C)c2ccc3ccccc3c2-c2c1c1ccc(-c3c4ccccc4c(-c4ccc(-c5cccc6ccccc56)cc4)c4ccccc34)cc1c1ccccc21. The average molecular weight is 723 g/mol. The summed E-state index contributed by atoms with van der Waals surface area (Å²) in [6.45, 7) is 4.84. The maximum atomic E-state index is 2.49. The summed E-state index contributed by atoms with van der Waals surface area (Å²) in [4.78, 5) is 0. The van der Waals surface area contributed by atoms with Crippen LogP contribution in [-0.2, 0) is 5.41 Å². The Kier molecular flexibility index (Phi) is 6.78. The molecule has 1 aliphatic carbocycles. The van der Waals surface area contributed by atoms with Crippen molar-refractivity contribution < 1.29 is 0 Å². The predicted octanol–water partition coefficient (Wildman–Crippen LogP) is 15.9. The molecule has 11 aromatic carbocycles. The summed E-state index contributed by atoms with van der Waals surface area (Å²) in [5, 5.41) is 15.6. The molecule has 0 fully saturated rings. The van der Waals surface area contributed by atoms with E-state index in [0.29, 0.717) is 0 Å². The number of rotatable bonds is 3. The van der Waals surface area contributed by atoms with Crippen molar-refractivity contribution in [3.05, 3.63) is 205 Å². The molecule has 0 saturated carbocycles. The van der Waals surface area contributed by atoms with Crippen LogP contribution in [0.5, 0.6) is 0 Å². The van der Waals surface area contributed by atoms with Crippen LogP contribution in [0, 0.1) is 0 Å². The fraction of sp³-hybridized carbons (Fsp3) is 0.0526. The van der Waals surface area contributed by atoms with Gasteiger partial charge in [0.15, 0.2) is 0 Å². The molecule has 1 aliphatic rings. The largest absolute Gasteiger partial charge is 0.0616 e. The van der Waals surface area contributed by atoms with Crippen molar-refractivity contribution in [2.45, 2.75) is 19.3 Å². The van der Waals surface area contributed by atoms with Crippen LogP contribution in [0.3, 0.4) is 0 Å². The number of fused-ring (bicyclic) bond motifs is 13. The van der Waals surface area contributed by atoms with E-state index in [9.17, 15) is 0 Å². The summed E-state index contributed by atoms with van der Waals surface area (Å²) in [6, 6.07) is 72.5. The van der Waals surface area contributed by atoms with Crippen LogP contribution in [-0.4, -0.2) is 0 Å². The van der Waals surface area contributed by atoms with Crippen molar-refractivity contribution >= 4 is 64.6 Å². The lowest BCUT2D eigenvalue weighted by Gasteiger charge is -2.24. The molecule has 0 aliphatic heterocycles. The third kappa shape index (κ3) is 4.56. The lowest BCUT2D eigenvalue weighted by molar-refractivity contribution is 0.667. The molecule has 11 aromatic rings. The molecule has 0 N–H and O–H groups in total. The Bertz CT molecular complexity index is 3410. The molecule has 0 bridgehead atoms. The molecule has 0 spiro atoms. The zero-order valence-electron chi connectivity index (χ0n) is 32.0. The highest BCUT2D eigenvalue weighted by molar-refractivity contribution is 6.25. The van der Waals surface area contributed by atoms with Gasteiger partial charge in [0.25, 0.3) is 0 Å². The van der Waals surface area contributed by atoms with Crippen molar-refractivity contribution in [2.75, 3.05) is 0 Å². The van der Waals surface area contributed by atoms with E-state index in [0.717, 1.165) is 0 Å². The van der Waals surface area contributed by atoms with Gasteiger partial charge in [-0.15, -0.1) is 0 Å². The maximum Gasteiger partial charge on any atom is 0.0165 e. The smallest absolute Gasteiger partial charge is 0.0165 e. The highest BCUT2D eigenvalue weighted by atomic mass is 14.4. The molecule has 0 heteroatoms. The number of benzene rings is 11. The standard InChI is InChI=1S/C57H38/c1-57(2)51-33-31-36-15-4-6-18-42(36)54(51)55-44-20-8-7-19-43(44)50-34-39(30-32-49(50)56(55)57)53-47-23-11-9-21-45(47)52(46-22-10-12-24-48(46)53)38-28-26-37(27-29-38)41-25-13-16-35-14-3-5-17-40(35)41/h3-34H,1-2H3. The van der Waals surface area contributed by atoms with Gasteiger partial charge in [0.05, 0.1) is 0 Å². The minimum atomic E-state index is -0.150. The van der Waals surface area contributed by atoms with Crippen LogP contribution in [0.15, 0.2) is 194 Å². The summed E-state index contributed by atoms with van der Waals surface area (Å²) in [7, 11) is 0. The Hall–Kier alpha value is -7.02. The molecule has 0 nitrogen and oxygen atoms in total. The normalized spacial score (nSPS) is 13.2. The van der Waals surface area contributed by atoms with Crippen LogP contribution in [0.2, 0.25) is 0 Å². The molecular formula is C57H38. The maximum absolute atomic E-state index is 2.49. The van der Waals surface area contributed by atoms with Gasteiger partial charge in [0.1, 0.15) is 0 Å². The molecule has 0 aromatic heterocycles. The molecule has 0 saturated heterocycles. The van der Waals surface area contributed by atoms with E-state index in [4.69, 9.17) is 0 Å². The van der Waals surface area contributed by atoms with Gasteiger partial charge in [-0.05, 0) is 126 Å². The number of hydrogen-bond acceptors (Lipinski definition) is 0. The van der Waals surface area contributed by atoms with Gasteiger partial charge in [-0.2, -0.15) is 0 Å². The summed E-state index contributed by atoms with van der Waals surface area (Å²) in [6.07, 6.45) is 0. The van der Waals surface area contributed by atoms with Gasteiger partial charge in [0, 0.05) is 5.41 Å². The number of hydrogen-bond donors (Lipinski definition) is 0. The first kappa shape index (κ1) is 32.2. The summed E-state index contributed by atoms with van der Waals surface area (Å²) in [5.41, 5.74) is 13.0. The lowest BCUT2D eigenvalue weighted by Crippen LogP contribution is -2.15. The third-order valence-corrected chi connectivity index (χ3v) is 13.0. The van der Waals surface area contributed by atoms with Gasteiger partial charge < -0.3 is 0 Å². The van der Waals surface area contributed by atoms with Crippen LogP contribution in [0.1, 0.15) is 25.0 Å². The molecule has 266 valence electrons. The van der Waals surface area contributed by atoms with E-state index in [1.165, 1.54) is 120 Å². The van der Waals surface area contributed by atoms with Crippen molar-refractivity contribution in [1.29, 1.82) is 0 Å². The Morgan fingerprint density at radius 1 is 0.281 bits per heavy atom. The first-order valence-electron chi connectivity index (χ1n) is 20.1. The predicted molar refractivity (Wildman–Crippen MR) is 245 cm³/mol. The van der Waals surface area contributed by atoms with Crippen molar-refractivity contribution in [1.82, 2.24) is 0 Å². The van der Waals surface area contributed by atoms with Crippen LogP contribution in [0.25, 0.3) is 109 Å². The van der Waals surface area contributed by atoms with Crippen molar-refractivity contribution in [3.8, 4) is 44.5 Å². The fourth-order valence-electron chi connectivity index (χ4n) is 10.5. The Morgan fingerprint density at radius 2 is 0.754 bits per heavy atom. The topological polar surface area (TPSA) is 0 Å². The second-order valence-electron chi connectivity index (χ2n) is 16.3. The van der Waals surface area contributed by atoms with Gasteiger partial charge in [-0.1, -0.05) is 202 Å². The Labute approximate surface area is 332 Å². The van der Waals surface area contributed by atoms with E-state index in [2.05, 4.69) is 208 Å². The molecule has 57 heavy (non-hydrogen) atoms. The summed E-state index contributed by atoms with van der Waals surface area (Å²) >= 11 is 0. The average Bonchev–Trinajstić information content (AvgIpc) is 3.52. The molecule has 0 amide bonds. The zero-order chi connectivity index (χ0) is 37.8. The lowest BCUT2D eigenvalue weighted by atomic mass is 9.78. The summed E-state index contributed by atoms with van der Waals surface area (Å²) < 4.78 is 0. The fourth-order valence-corrected chi connectivity index (χ4v) is 10.5. The minimum absolute atomic E-state index is 0.150. The summed E-state index contributed by atoms with van der Waals surface area (Å²) in [5.74, 6) is 0. The molecule has 0 atom stereocenters.